The molecule has 1 aromatic rings. The molecule has 2 amide bonds. The highest BCUT2D eigenvalue weighted by atomic mass is 16.2. The number of nitrogens with one attached hydrogen (secondary N) is 1. The number of amides is 2. The van der Waals surface area contributed by atoms with Gasteiger partial charge in [0.15, 0.2) is 0 Å². The van der Waals surface area contributed by atoms with Gasteiger partial charge in [-0.15, -0.1) is 0 Å². The number of hydrogen-bond donors (Lipinski definition) is 2. The lowest BCUT2D eigenvalue weighted by atomic mass is 10.1. The summed E-state index contributed by atoms with van der Waals surface area (Å²) in [6.07, 6.45) is 0.275. The van der Waals surface area contributed by atoms with E-state index in [0.29, 0.717) is 19.6 Å². The van der Waals surface area contributed by atoms with Gasteiger partial charge in [-0.3, -0.25) is 9.59 Å². The maximum absolute atomic E-state index is 12.1. The molecule has 114 valence electrons. The van der Waals surface area contributed by atoms with Crippen LogP contribution in [0.3, 0.4) is 0 Å². The summed E-state index contributed by atoms with van der Waals surface area (Å²) in [6.45, 7) is 5.54. The molecule has 1 aliphatic heterocycles. The fraction of sp³-hybridized carbons (Fsp3) is 0.500. The van der Waals surface area contributed by atoms with E-state index in [-0.39, 0.29) is 30.1 Å². The van der Waals surface area contributed by atoms with Crippen molar-refractivity contribution in [2.24, 2.45) is 17.6 Å². The first-order valence-electron chi connectivity index (χ1n) is 7.36. The van der Waals surface area contributed by atoms with Crippen LogP contribution in [0.25, 0.3) is 0 Å². The molecule has 0 aliphatic carbocycles. The van der Waals surface area contributed by atoms with Crippen LogP contribution in [0, 0.1) is 18.8 Å². The van der Waals surface area contributed by atoms with Crippen LogP contribution in [0.15, 0.2) is 24.3 Å². The highest BCUT2D eigenvalue weighted by Gasteiger charge is 2.34. The van der Waals surface area contributed by atoms with E-state index in [1.165, 1.54) is 0 Å². The van der Waals surface area contributed by atoms with E-state index in [1.54, 1.807) is 4.90 Å². The fourth-order valence-corrected chi connectivity index (χ4v) is 2.36. The molecular formula is C16H23N3O2. The topological polar surface area (TPSA) is 75.4 Å². The Kier molecular flexibility index (Phi) is 4.96. The fourth-order valence-electron chi connectivity index (χ4n) is 2.36. The summed E-state index contributed by atoms with van der Waals surface area (Å²) in [4.78, 5) is 25.9. The van der Waals surface area contributed by atoms with Crippen LogP contribution in [0.4, 0.5) is 5.69 Å². The Balaban J connectivity index is 1.96. The van der Waals surface area contributed by atoms with Crippen LogP contribution in [0.2, 0.25) is 0 Å². The molecular weight excluding hydrogens is 266 g/mol. The summed E-state index contributed by atoms with van der Waals surface area (Å²) in [5.74, 6) is -0.0767. The second-order valence-electron chi connectivity index (χ2n) is 5.83. The van der Waals surface area contributed by atoms with Gasteiger partial charge in [-0.1, -0.05) is 24.6 Å². The van der Waals surface area contributed by atoms with Crippen molar-refractivity contribution >= 4 is 17.5 Å². The van der Waals surface area contributed by atoms with Crippen molar-refractivity contribution in [3.8, 4) is 0 Å². The Labute approximate surface area is 125 Å². The second kappa shape index (κ2) is 6.72. The minimum absolute atomic E-state index is 0.00544. The Hall–Kier alpha value is -1.88. The average molecular weight is 289 g/mol. The van der Waals surface area contributed by atoms with Crippen LogP contribution in [-0.4, -0.2) is 31.4 Å². The summed E-state index contributed by atoms with van der Waals surface area (Å²) in [5, 5.41) is 2.88. The summed E-state index contributed by atoms with van der Waals surface area (Å²) in [7, 11) is 0. The summed E-state index contributed by atoms with van der Waals surface area (Å²) < 4.78 is 0. The quantitative estimate of drug-likeness (QED) is 0.851. The Morgan fingerprint density at radius 3 is 2.71 bits per heavy atom. The first-order chi connectivity index (χ1) is 10.0. The molecule has 1 saturated heterocycles. The Morgan fingerprint density at radius 2 is 2.10 bits per heavy atom. The van der Waals surface area contributed by atoms with Crippen LogP contribution >= 0.6 is 0 Å². The van der Waals surface area contributed by atoms with Crippen molar-refractivity contribution in [1.82, 2.24) is 5.32 Å². The van der Waals surface area contributed by atoms with Crippen LogP contribution < -0.4 is 16.0 Å². The van der Waals surface area contributed by atoms with Gasteiger partial charge >= 0.3 is 0 Å². The molecule has 1 fully saturated rings. The van der Waals surface area contributed by atoms with Crippen molar-refractivity contribution in [1.29, 1.82) is 0 Å². The third-order valence-electron chi connectivity index (χ3n) is 3.87. The zero-order valence-corrected chi connectivity index (χ0v) is 12.6. The number of rotatable bonds is 5. The van der Waals surface area contributed by atoms with Gasteiger partial charge in [-0.25, -0.2) is 0 Å². The van der Waals surface area contributed by atoms with E-state index in [2.05, 4.69) is 5.32 Å². The zero-order chi connectivity index (χ0) is 15.4. The molecule has 0 spiro atoms. The van der Waals surface area contributed by atoms with Crippen molar-refractivity contribution in [2.45, 2.75) is 20.3 Å². The maximum Gasteiger partial charge on any atom is 0.227 e. The van der Waals surface area contributed by atoms with Crippen LogP contribution in [0.1, 0.15) is 18.9 Å². The number of anilines is 1. The maximum atomic E-state index is 12.1. The number of benzene rings is 1. The SMILES string of the molecule is Cc1ccc(N2CC(C(=O)NCC(C)CN)CC2=O)cc1. The number of carbonyl (C=O) groups excluding carboxylic acids is 2. The molecule has 1 aromatic carbocycles. The molecule has 1 heterocycles. The largest absolute Gasteiger partial charge is 0.355 e. The molecule has 5 heteroatoms. The lowest BCUT2D eigenvalue weighted by Gasteiger charge is -2.17. The van der Waals surface area contributed by atoms with E-state index >= 15 is 0 Å². The van der Waals surface area contributed by atoms with Gasteiger partial charge < -0.3 is 16.0 Å². The molecule has 1 aliphatic rings. The molecule has 3 N–H and O–H groups in total. The van der Waals surface area contributed by atoms with E-state index < -0.39 is 0 Å². The molecule has 2 rings (SSSR count). The van der Waals surface area contributed by atoms with Gasteiger partial charge in [0.2, 0.25) is 11.8 Å². The lowest BCUT2D eigenvalue weighted by Crippen LogP contribution is -2.36. The standard InChI is InChI=1S/C16H23N3O2/c1-11-3-5-14(6-4-11)19-10-13(7-15(19)20)16(21)18-9-12(2)8-17/h3-6,12-13H,7-10,17H2,1-2H3,(H,18,21). The number of aryl methyl sites for hydroxylation is 1. The number of nitrogens with zero attached hydrogens (tertiary/aromatic N) is 1. The number of nitrogens with two attached hydrogens (primary N) is 1. The van der Waals surface area contributed by atoms with Gasteiger partial charge in [0, 0.05) is 25.2 Å². The summed E-state index contributed by atoms with van der Waals surface area (Å²) in [6, 6.07) is 7.78. The number of hydrogen-bond acceptors (Lipinski definition) is 3. The molecule has 2 unspecified atom stereocenters. The minimum Gasteiger partial charge on any atom is -0.355 e. The van der Waals surface area contributed by atoms with E-state index in [4.69, 9.17) is 5.73 Å². The van der Waals surface area contributed by atoms with Crippen LogP contribution in [0.5, 0.6) is 0 Å². The van der Waals surface area contributed by atoms with Gasteiger partial charge in [0.25, 0.3) is 0 Å². The monoisotopic (exact) mass is 289 g/mol. The van der Waals surface area contributed by atoms with Gasteiger partial charge in [-0.2, -0.15) is 0 Å². The molecule has 0 bridgehead atoms. The molecule has 5 nitrogen and oxygen atoms in total. The van der Waals surface area contributed by atoms with Gasteiger partial charge in [0.1, 0.15) is 0 Å². The van der Waals surface area contributed by atoms with Crippen molar-refractivity contribution in [3.05, 3.63) is 29.8 Å². The van der Waals surface area contributed by atoms with Crippen molar-refractivity contribution in [2.75, 3.05) is 24.5 Å². The first-order valence-corrected chi connectivity index (χ1v) is 7.36. The molecule has 2 atom stereocenters. The summed E-state index contributed by atoms with van der Waals surface area (Å²) in [5.41, 5.74) is 7.54. The number of carbonyl (C=O) groups is 2. The van der Waals surface area contributed by atoms with Gasteiger partial charge in [0.05, 0.1) is 5.92 Å². The predicted octanol–water partition coefficient (Wildman–Crippen LogP) is 1.06. The minimum atomic E-state index is -0.274. The smallest absolute Gasteiger partial charge is 0.227 e. The highest BCUT2D eigenvalue weighted by Crippen LogP contribution is 2.25. The Morgan fingerprint density at radius 1 is 1.43 bits per heavy atom. The molecule has 21 heavy (non-hydrogen) atoms. The molecule has 0 radical (unpaired) electrons. The van der Waals surface area contributed by atoms with E-state index in [9.17, 15) is 9.59 Å². The molecule has 0 aromatic heterocycles. The van der Waals surface area contributed by atoms with E-state index in [0.717, 1.165) is 11.3 Å². The second-order valence-corrected chi connectivity index (χ2v) is 5.83. The van der Waals surface area contributed by atoms with Crippen molar-refractivity contribution in [3.63, 3.8) is 0 Å². The normalized spacial score (nSPS) is 19.7. The van der Waals surface area contributed by atoms with E-state index in [1.807, 2.05) is 38.1 Å². The lowest BCUT2D eigenvalue weighted by molar-refractivity contribution is -0.126. The third-order valence-corrected chi connectivity index (χ3v) is 3.87. The van der Waals surface area contributed by atoms with Crippen LogP contribution in [-0.2, 0) is 9.59 Å². The predicted molar refractivity (Wildman–Crippen MR) is 82.9 cm³/mol. The zero-order valence-electron chi connectivity index (χ0n) is 12.6. The third kappa shape index (κ3) is 3.82. The first kappa shape index (κ1) is 15.5. The highest BCUT2D eigenvalue weighted by molar-refractivity contribution is 6.00. The summed E-state index contributed by atoms with van der Waals surface area (Å²) >= 11 is 0. The van der Waals surface area contributed by atoms with Gasteiger partial charge in [-0.05, 0) is 31.5 Å². The average Bonchev–Trinajstić information content (AvgIpc) is 2.87. The Bertz CT molecular complexity index is 513. The molecule has 0 saturated carbocycles. The van der Waals surface area contributed by atoms with Crippen molar-refractivity contribution < 1.29 is 9.59 Å².